The largest absolute Gasteiger partial charge is 0.394 e. The summed E-state index contributed by atoms with van der Waals surface area (Å²) in [4.78, 5) is 0. The summed E-state index contributed by atoms with van der Waals surface area (Å²) in [6.45, 7) is 8.03. The SMILES string of the molecule is CCCC(C)(CO)NCC1CCCCC1C. The molecule has 0 aromatic rings. The van der Waals surface area contributed by atoms with E-state index in [4.69, 9.17) is 0 Å². The molecule has 0 aliphatic heterocycles. The lowest BCUT2D eigenvalue weighted by Crippen LogP contribution is -2.48. The van der Waals surface area contributed by atoms with Crippen molar-refractivity contribution in [3.8, 4) is 0 Å². The number of nitrogens with one attached hydrogen (secondary N) is 1. The standard InChI is InChI=1S/C14H29NO/c1-4-9-14(3,11-16)15-10-13-8-6-5-7-12(13)2/h12-13,15-16H,4-11H2,1-3H3. The van der Waals surface area contributed by atoms with Crippen LogP contribution >= 0.6 is 0 Å². The fourth-order valence-electron chi connectivity index (χ4n) is 2.85. The van der Waals surface area contributed by atoms with Gasteiger partial charge in [0.15, 0.2) is 0 Å². The van der Waals surface area contributed by atoms with Crippen LogP contribution in [0.15, 0.2) is 0 Å². The quantitative estimate of drug-likeness (QED) is 0.731. The Morgan fingerprint density at radius 3 is 2.56 bits per heavy atom. The fraction of sp³-hybridized carbons (Fsp3) is 1.00. The van der Waals surface area contributed by atoms with Gasteiger partial charge in [0.2, 0.25) is 0 Å². The van der Waals surface area contributed by atoms with Crippen LogP contribution in [0.5, 0.6) is 0 Å². The smallest absolute Gasteiger partial charge is 0.0610 e. The molecule has 0 bridgehead atoms. The Morgan fingerprint density at radius 2 is 2.00 bits per heavy atom. The lowest BCUT2D eigenvalue weighted by atomic mass is 9.80. The topological polar surface area (TPSA) is 32.3 Å². The monoisotopic (exact) mass is 227 g/mol. The maximum Gasteiger partial charge on any atom is 0.0610 e. The number of aliphatic hydroxyl groups is 1. The summed E-state index contributed by atoms with van der Waals surface area (Å²) in [5.41, 5.74) is -0.0636. The third-order valence-corrected chi connectivity index (χ3v) is 4.23. The van der Waals surface area contributed by atoms with Gasteiger partial charge < -0.3 is 10.4 Å². The van der Waals surface area contributed by atoms with Gasteiger partial charge in [-0.05, 0) is 38.1 Å². The second-order valence-electron chi connectivity index (χ2n) is 5.87. The van der Waals surface area contributed by atoms with Crippen molar-refractivity contribution in [1.82, 2.24) is 5.32 Å². The number of rotatable bonds is 6. The Bertz CT molecular complexity index is 195. The zero-order chi connectivity index (χ0) is 12.0. The van der Waals surface area contributed by atoms with Crippen LogP contribution in [0.3, 0.4) is 0 Å². The maximum atomic E-state index is 9.45. The molecule has 3 atom stereocenters. The summed E-state index contributed by atoms with van der Waals surface area (Å²) in [6, 6.07) is 0. The number of aliphatic hydroxyl groups excluding tert-OH is 1. The minimum Gasteiger partial charge on any atom is -0.394 e. The molecular weight excluding hydrogens is 198 g/mol. The van der Waals surface area contributed by atoms with E-state index >= 15 is 0 Å². The zero-order valence-electron chi connectivity index (χ0n) is 11.3. The molecule has 0 spiro atoms. The van der Waals surface area contributed by atoms with Crippen LogP contribution in [0.2, 0.25) is 0 Å². The molecule has 2 nitrogen and oxygen atoms in total. The Labute approximate surface area is 101 Å². The molecule has 1 aliphatic rings. The Morgan fingerprint density at radius 1 is 1.31 bits per heavy atom. The predicted octanol–water partition coefficient (Wildman–Crippen LogP) is 2.95. The van der Waals surface area contributed by atoms with E-state index < -0.39 is 0 Å². The molecule has 0 saturated heterocycles. The Balaban J connectivity index is 2.36. The van der Waals surface area contributed by atoms with Crippen molar-refractivity contribution in [3.05, 3.63) is 0 Å². The molecule has 1 fully saturated rings. The lowest BCUT2D eigenvalue weighted by molar-refractivity contribution is 0.145. The molecule has 1 saturated carbocycles. The highest BCUT2D eigenvalue weighted by molar-refractivity contribution is 4.84. The normalized spacial score (nSPS) is 30.0. The summed E-state index contributed by atoms with van der Waals surface area (Å²) in [7, 11) is 0. The van der Waals surface area contributed by atoms with Gasteiger partial charge in [-0.2, -0.15) is 0 Å². The minimum absolute atomic E-state index is 0.0636. The molecule has 2 N–H and O–H groups in total. The van der Waals surface area contributed by atoms with Gasteiger partial charge in [-0.15, -0.1) is 0 Å². The third kappa shape index (κ3) is 4.06. The first kappa shape index (κ1) is 14.0. The first-order valence-electron chi connectivity index (χ1n) is 6.97. The third-order valence-electron chi connectivity index (χ3n) is 4.23. The van der Waals surface area contributed by atoms with Crippen LogP contribution in [-0.4, -0.2) is 23.8 Å². The predicted molar refractivity (Wildman–Crippen MR) is 69.5 cm³/mol. The van der Waals surface area contributed by atoms with Gasteiger partial charge in [0.1, 0.15) is 0 Å². The van der Waals surface area contributed by atoms with E-state index in [1.807, 2.05) is 0 Å². The molecule has 16 heavy (non-hydrogen) atoms. The molecular formula is C14H29NO. The van der Waals surface area contributed by atoms with E-state index in [0.717, 1.165) is 31.2 Å². The van der Waals surface area contributed by atoms with E-state index in [-0.39, 0.29) is 12.1 Å². The van der Waals surface area contributed by atoms with E-state index in [1.54, 1.807) is 0 Å². The number of hydrogen-bond acceptors (Lipinski definition) is 2. The van der Waals surface area contributed by atoms with Gasteiger partial charge in [-0.25, -0.2) is 0 Å². The van der Waals surface area contributed by atoms with Crippen molar-refractivity contribution in [3.63, 3.8) is 0 Å². The lowest BCUT2D eigenvalue weighted by Gasteiger charge is -2.34. The van der Waals surface area contributed by atoms with Crippen molar-refractivity contribution in [1.29, 1.82) is 0 Å². The molecule has 96 valence electrons. The summed E-state index contributed by atoms with van der Waals surface area (Å²) >= 11 is 0. The van der Waals surface area contributed by atoms with Crippen LogP contribution in [0, 0.1) is 11.8 Å². The maximum absolute atomic E-state index is 9.45. The summed E-state index contributed by atoms with van der Waals surface area (Å²) in [5, 5.41) is 13.0. The molecule has 0 aromatic heterocycles. The van der Waals surface area contributed by atoms with Crippen molar-refractivity contribution in [2.24, 2.45) is 11.8 Å². The van der Waals surface area contributed by atoms with Gasteiger partial charge in [-0.3, -0.25) is 0 Å². The average Bonchev–Trinajstić information content (AvgIpc) is 2.28. The second kappa shape index (κ2) is 6.61. The van der Waals surface area contributed by atoms with Crippen molar-refractivity contribution in [2.45, 2.75) is 64.8 Å². The Hall–Kier alpha value is -0.0800. The van der Waals surface area contributed by atoms with Crippen molar-refractivity contribution in [2.75, 3.05) is 13.2 Å². The summed E-state index contributed by atoms with van der Waals surface area (Å²) < 4.78 is 0. The first-order chi connectivity index (χ1) is 7.61. The van der Waals surface area contributed by atoms with Gasteiger partial charge in [0, 0.05) is 5.54 Å². The van der Waals surface area contributed by atoms with Crippen LogP contribution in [0.25, 0.3) is 0 Å². The van der Waals surface area contributed by atoms with E-state index in [0.29, 0.717) is 0 Å². The van der Waals surface area contributed by atoms with Gasteiger partial charge in [0.25, 0.3) is 0 Å². The van der Waals surface area contributed by atoms with E-state index in [9.17, 15) is 5.11 Å². The molecule has 1 rings (SSSR count). The summed E-state index contributed by atoms with van der Waals surface area (Å²) in [5.74, 6) is 1.67. The number of hydrogen-bond donors (Lipinski definition) is 2. The minimum atomic E-state index is -0.0636. The highest BCUT2D eigenvalue weighted by Crippen LogP contribution is 2.29. The molecule has 1 aliphatic carbocycles. The molecule has 2 heteroatoms. The molecule has 0 radical (unpaired) electrons. The Kier molecular flexibility index (Phi) is 5.77. The van der Waals surface area contributed by atoms with Gasteiger partial charge in [-0.1, -0.05) is 39.5 Å². The molecule has 3 unspecified atom stereocenters. The second-order valence-corrected chi connectivity index (χ2v) is 5.87. The molecule has 0 aromatic carbocycles. The van der Waals surface area contributed by atoms with Crippen LogP contribution in [0.4, 0.5) is 0 Å². The highest BCUT2D eigenvalue weighted by atomic mass is 16.3. The molecule has 0 amide bonds. The van der Waals surface area contributed by atoms with Crippen LogP contribution < -0.4 is 5.32 Å². The highest BCUT2D eigenvalue weighted by Gasteiger charge is 2.26. The van der Waals surface area contributed by atoms with Crippen LogP contribution in [0.1, 0.15) is 59.3 Å². The summed E-state index contributed by atoms with van der Waals surface area (Å²) in [6.07, 6.45) is 7.73. The van der Waals surface area contributed by atoms with Crippen molar-refractivity contribution < 1.29 is 5.11 Å². The average molecular weight is 227 g/mol. The van der Waals surface area contributed by atoms with Crippen molar-refractivity contribution >= 4 is 0 Å². The fourth-order valence-corrected chi connectivity index (χ4v) is 2.85. The van der Waals surface area contributed by atoms with Gasteiger partial charge >= 0.3 is 0 Å². The zero-order valence-corrected chi connectivity index (χ0v) is 11.3. The van der Waals surface area contributed by atoms with E-state index in [2.05, 4.69) is 26.1 Å². The molecule has 0 heterocycles. The van der Waals surface area contributed by atoms with E-state index in [1.165, 1.54) is 25.7 Å². The van der Waals surface area contributed by atoms with Gasteiger partial charge in [0.05, 0.1) is 6.61 Å². The van der Waals surface area contributed by atoms with Crippen LogP contribution in [-0.2, 0) is 0 Å². The first-order valence-corrected chi connectivity index (χ1v) is 6.97.